The first-order valence-electron chi connectivity index (χ1n) is 3.23. The second-order valence-electron chi connectivity index (χ2n) is 2.17. The maximum atomic E-state index is 13.3. The molecule has 1 aromatic rings. The van der Waals surface area contributed by atoms with Gasteiger partial charge in [-0.3, -0.25) is 0 Å². The number of hydrogen-bond donors (Lipinski definition) is 0. The van der Waals surface area contributed by atoms with Crippen LogP contribution >= 0.6 is 31.9 Å². The normalized spacial score (nSPS) is 9.46. The summed E-state index contributed by atoms with van der Waals surface area (Å²) in [4.78, 5) is 0. The molecule has 0 aromatic heterocycles. The smallest absolute Gasteiger partial charge is 0.158 e. The van der Waals surface area contributed by atoms with Crippen molar-refractivity contribution in [3.63, 3.8) is 0 Å². The van der Waals surface area contributed by atoms with Gasteiger partial charge in [-0.25, -0.2) is 4.39 Å². The molecule has 0 aliphatic heterocycles. The molecule has 0 bridgehead atoms. The third-order valence-electron chi connectivity index (χ3n) is 1.44. The van der Waals surface area contributed by atoms with Crippen molar-refractivity contribution in [1.29, 1.82) is 5.26 Å². The van der Waals surface area contributed by atoms with Gasteiger partial charge in [0.15, 0.2) is 11.6 Å². The van der Waals surface area contributed by atoms with E-state index < -0.39 is 5.82 Å². The number of ether oxygens (including phenoxy) is 1. The number of halogens is 3. The molecule has 0 atom stereocenters. The summed E-state index contributed by atoms with van der Waals surface area (Å²) in [6.07, 6.45) is 0. The molecule has 0 N–H and O–H groups in total. The molecule has 0 unspecified atom stereocenters. The third kappa shape index (κ3) is 1.84. The van der Waals surface area contributed by atoms with Crippen molar-refractivity contribution < 1.29 is 9.13 Å². The van der Waals surface area contributed by atoms with E-state index in [4.69, 9.17) is 10.00 Å². The first-order chi connectivity index (χ1) is 6.11. The van der Waals surface area contributed by atoms with Gasteiger partial charge in [-0.05, 0) is 37.9 Å². The van der Waals surface area contributed by atoms with Crippen LogP contribution in [0.4, 0.5) is 4.39 Å². The molecule has 0 heterocycles. The van der Waals surface area contributed by atoms with Crippen LogP contribution in [0.5, 0.6) is 5.75 Å². The standard InChI is InChI=1S/C8H4Br2FNO/c1-13-8-4(3-12)7(11)5(9)2-6(8)10/h2H,1H3. The Morgan fingerprint density at radius 1 is 1.46 bits per heavy atom. The SMILES string of the molecule is COc1c(Br)cc(Br)c(F)c1C#N. The summed E-state index contributed by atoms with van der Waals surface area (Å²) >= 11 is 6.15. The zero-order chi connectivity index (χ0) is 10.0. The van der Waals surface area contributed by atoms with Crippen molar-refractivity contribution in [1.82, 2.24) is 0 Å². The van der Waals surface area contributed by atoms with Crippen LogP contribution in [0.2, 0.25) is 0 Å². The van der Waals surface area contributed by atoms with E-state index in [0.717, 1.165) is 0 Å². The lowest BCUT2D eigenvalue weighted by atomic mass is 10.2. The maximum absolute atomic E-state index is 13.3. The molecule has 0 spiro atoms. The van der Waals surface area contributed by atoms with Gasteiger partial charge < -0.3 is 4.74 Å². The van der Waals surface area contributed by atoms with Gasteiger partial charge in [-0.1, -0.05) is 0 Å². The van der Waals surface area contributed by atoms with Crippen LogP contribution in [0.25, 0.3) is 0 Å². The highest BCUT2D eigenvalue weighted by molar-refractivity contribution is 9.11. The quantitative estimate of drug-likeness (QED) is 0.746. The Hall–Kier alpha value is -0.600. The Kier molecular flexibility index (Phi) is 3.28. The van der Waals surface area contributed by atoms with Gasteiger partial charge in [0, 0.05) is 0 Å². The molecule has 13 heavy (non-hydrogen) atoms. The molecule has 5 heteroatoms. The molecular weight excluding hydrogens is 305 g/mol. The fourth-order valence-electron chi connectivity index (χ4n) is 0.878. The van der Waals surface area contributed by atoms with Crippen molar-refractivity contribution in [3.8, 4) is 11.8 Å². The van der Waals surface area contributed by atoms with Crippen LogP contribution in [0.3, 0.4) is 0 Å². The Bertz CT molecular complexity index is 387. The number of nitriles is 1. The summed E-state index contributed by atoms with van der Waals surface area (Å²) < 4.78 is 18.9. The van der Waals surface area contributed by atoms with Crippen molar-refractivity contribution in [2.24, 2.45) is 0 Å². The zero-order valence-electron chi connectivity index (χ0n) is 6.57. The van der Waals surface area contributed by atoms with E-state index in [1.54, 1.807) is 6.07 Å². The van der Waals surface area contributed by atoms with Crippen molar-refractivity contribution in [3.05, 3.63) is 26.4 Å². The lowest BCUT2D eigenvalue weighted by molar-refractivity contribution is 0.406. The Balaban J connectivity index is 3.53. The molecule has 0 aliphatic rings. The summed E-state index contributed by atoms with van der Waals surface area (Å²) in [5.74, 6) is -0.397. The highest BCUT2D eigenvalue weighted by Gasteiger charge is 2.16. The van der Waals surface area contributed by atoms with E-state index in [1.807, 2.05) is 0 Å². The van der Waals surface area contributed by atoms with Gasteiger partial charge in [0.25, 0.3) is 0 Å². The van der Waals surface area contributed by atoms with Gasteiger partial charge in [-0.15, -0.1) is 0 Å². The molecule has 0 aliphatic carbocycles. The van der Waals surface area contributed by atoms with Crippen LogP contribution in [-0.4, -0.2) is 7.11 Å². The van der Waals surface area contributed by atoms with Crippen LogP contribution in [0, 0.1) is 17.1 Å². The molecule has 0 saturated carbocycles. The fourth-order valence-corrected chi connectivity index (χ4v) is 2.20. The second kappa shape index (κ2) is 4.07. The Morgan fingerprint density at radius 2 is 2.08 bits per heavy atom. The monoisotopic (exact) mass is 307 g/mol. The van der Waals surface area contributed by atoms with E-state index in [2.05, 4.69) is 31.9 Å². The summed E-state index contributed by atoms with van der Waals surface area (Å²) in [6.45, 7) is 0. The minimum atomic E-state index is -0.609. The predicted octanol–water partition coefficient (Wildman–Crippen LogP) is 3.23. The Labute approximate surface area is 91.6 Å². The molecule has 0 radical (unpaired) electrons. The largest absolute Gasteiger partial charge is 0.494 e. The number of methoxy groups -OCH3 is 1. The molecule has 0 saturated heterocycles. The van der Waals surface area contributed by atoms with E-state index in [-0.39, 0.29) is 15.8 Å². The van der Waals surface area contributed by atoms with Crippen LogP contribution in [0.15, 0.2) is 15.0 Å². The first-order valence-corrected chi connectivity index (χ1v) is 4.82. The molecule has 1 aromatic carbocycles. The van der Waals surface area contributed by atoms with Crippen molar-refractivity contribution >= 4 is 31.9 Å². The summed E-state index contributed by atoms with van der Waals surface area (Å²) in [7, 11) is 1.38. The maximum Gasteiger partial charge on any atom is 0.158 e. The van der Waals surface area contributed by atoms with Crippen molar-refractivity contribution in [2.75, 3.05) is 7.11 Å². The van der Waals surface area contributed by atoms with E-state index >= 15 is 0 Å². The van der Waals surface area contributed by atoms with E-state index in [9.17, 15) is 4.39 Å². The highest BCUT2D eigenvalue weighted by atomic mass is 79.9. The number of rotatable bonds is 1. The van der Waals surface area contributed by atoms with Crippen molar-refractivity contribution in [2.45, 2.75) is 0 Å². The lowest BCUT2D eigenvalue weighted by Crippen LogP contribution is -1.94. The zero-order valence-corrected chi connectivity index (χ0v) is 9.74. The summed E-state index contributed by atoms with van der Waals surface area (Å²) in [5, 5.41) is 8.67. The lowest BCUT2D eigenvalue weighted by Gasteiger charge is -2.06. The molecule has 0 fully saturated rings. The number of nitrogens with zero attached hydrogens (tertiary/aromatic N) is 1. The summed E-state index contributed by atoms with van der Waals surface area (Å²) in [5.41, 5.74) is -0.108. The third-order valence-corrected chi connectivity index (χ3v) is 2.61. The van der Waals surface area contributed by atoms with Crippen LogP contribution in [0.1, 0.15) is 5.56 Å². The molecule has 2 nitrogen and oxygen atoms in total. The average Bonchev–Trinajstić information content (AvgIpc) is 2.10. The second-order valence-corrected chi connectivity index (χ2v) is 3.88. The first kappa shape index (κ1) is 10.5. The van der Waals surface area contributed by atoms with Crippen LogP contribution in [-0.2, 0) is 0 Å². The minimum Gasteiger partial charge on any atom is -0.494 e. The number of hydrogen-bond acceptors (Lipinski definition) is 2. The van der Waals surface area contributed by atoms with E-state index in [1.165, 1.54) is 13.2 Å². The molecule has 1 rings (SSSR count). The molecule has 68 valence electrons. The van der Waals surface area contributed by atoms with Crippen LogP contribution < -0.4 is 4.74 Å². The number of benzene rings is 1. The summed E-state index contributed by atoms with van der Waals surface area (Å²) in [6, 6.07) is 3.23. The average molecular weight is 309 g/mol. The van der Waals surface area contributed by atoms with Gasteiger partial charge in [0.05, 0.1) is 16.1 Å². The molecule has 0 amide bonds. The van der Waals surface area contributed by atoms with Gasteiger partial charge in [-0.2, -0.15) is 5.26 Å². The molecular formula is C8H4Br2FNO. The topological polar surface area (TPSA) is 33.0 Å². The Morgan fingerprint density at radius 3 is 2.54 bits per heavy atom. The minimum absolute atomic E-state index is 0.108. The van der Waals surface area contributed by atoms with Gasteiger partial charge in [0.1, 0.15) is 11.6 Å². The van der Waals surface area contributed by atoms with Gasteiger partial charge >= 0.3 is 0 Å². The van der Waals surface area contributed by atoms with Gasteiger partial charge in [0.2, 0.25) is 0 Å². The van der Waals surface area contributed by atoms with E-state index in [0.29, 0.717) is 4.47 Å². The predicted molar refractivity (Wildman–Crippen MR) is 53.1 cm³/mol. The fraction of sp³-hybridized carbons (Fsp3) is 0.125. The highest BCUT2D eigenvalue weighted by Crippen LogP contribution is 2.34.